The standard InChI is InChI=1S/C33H42O2Si/c1-6-29(24-25-34-27-30-16-10-7-11-17-30)23-22-28(2)26-35-36(33(3,4)5,31-18-12-8-13-19-31)32-20-14-9-15-21-32/h6-22,29H,1,23-27H2,2-5H3/b28-22-/t29-/m0/s1. The molecule has 0 fully saturated rings. The van der Waals surface area contributed by atoms with E-state index in [1.54, 1.807) is 0 Å². The predicted octanol–water partition coefficient (Wildman–Crippen LogP) is 7.31. The molecular formula is C33H42O2Si. The molecule has 0 N–H and O–H groups in total. The van der Waals surface area contributed by atoms with Crippen LogP contribution >= 0.6 is 0 Å². The lowest BCUT2D eigenvalue weighted by atomic mass is 10.0. The van der Waals surface area contributed by atoms with E-state index in [0.717, 1.165) is 19.4 Å². The van der Waals surface area contributed by atoms with Gasteiger partial charge in [0.2, 0.25) is 0 Å². The third-order valence-electron chi connectivity index (χ3n) is 6.78. The van der Waals surface area contributed by atoms with Crippen LogP contribution in [0.15, 0.2) is 115 Å². The first-order chi connectivity index (χ1) is 17.4. The molecule has 3 aromatic carbocycles. The van der Waals surface area contributed by atoms with Crippen molar-refractivity contribution in [1.29, 1.82) is 0 Å². The lowest BCUT2D eigenvalue weighted by Crippen LogP contribution is -2.66. The van der Waals surface area contributed by atoms with E-state index < -0.39 is 8.32 Å². The zero-order valence-corrected chi connectivity index (χ0v) is 23.5. The van der Waals surface area contributed by atoms with E-state index in [-0.39, 0.29) is 5.04 Å². The van der Waals surface area contributed by atoms with Crippen LogP contribution in [0.2, 0.25) is 5.04 Å². The van der Waals surface area contributed by atoms with Crippen LogP contribution in [0.4, 0.5) is 0 Å². The summed E-state index contributed by atoms with van der Waals surface area (Å²) in [6.45, 7) is 15.2. The van der Waals surface area contributed by atoms with Gasteiger partial charge in [-0.25, -0.2) is 0 Å². The summed E-state index contributed by atoms with van der Waals surface area (Å²) < 4.78 is 13.0. The van der Waals surface area contributed by atoms with E-state index >= 15 is 0 Å². The molecule has 0 aliphatic heterocycles. The molecule has 190 valence electrons. The maximum atomic E-state index is 7.06. The molecule has 0 amide bonds. The van der Waals surface area contributed by atoms with Crippen LogP contribution in [0.1, 0.15) is 46.1 Å². The third-order valence-corrected chi connectivity index (χ3v) is 11.8. The van der Waals surface area contributed by atoms with Crippen LogP contribution in [0.5, 0.6) is 0 Å². The minimum Gasteiger partial charge on any atom is -0.403 e. The number of ether oxygens (including phenoxy) is 1. The summed E-state index contributed by atoms with van der Waals surface area (Å²) in [5, 5.41) is 2.61. The van der Waals surface area contributed by atoms with E-state index in [1.807, 2.05) is 18.2 Å². The molecule has 0 unspecified atom stereocenters. The monoisotopic (exact) mass is 498 g/mol. The second-order valence-electron chi connectivity index (χ2n) is 10.6. The van der Waals surface area contributed by atoms with Crippen LogP contribution in [0.3, 0.4) is 0 Å². The first kappa shape index (κ1) is 27.9. The van der Waals surface area contributed by atoms with E-state index in [2.05, 4.69) is 119 Å². The molecule has 0 bridgehead atoms. The zero-order valence-electron chi connectivity index (χ0n) is 22.5. The maximum Gasteiger partial charge on any atom is 0.261 e. The largest absolute Gasteiger partial charge is 0.403 e. The summed E-state index contributed by atoms with van der Waals surface area (Å²) in [7, 11) is -2.52. The Hall–Kier alpha value is -2.72. The van der Waals surface area contributed by atoms with Crippen molar-refractivity contribution in [1.82, 2.24) is 0 Å². The summed E-state index contributed by atoms with van der Waals surface area (Å²) in [6.07, 6.45) is 6.30. The molecule has 0 radical (unpaired) electrons. The molecule has 1 atom stereocenters. The highest BCUT2D eigenvalue weighted by atomic mass is 28.4. The Bertz CT molecular complexity index is 1030. The quantitative estimate of drug-likeness (QED) is 0.140. The van der Waals surface area contributed by atoms with Crippen LogP contribution in [-0.2, 0) is 15.8 Å². The molecule has 2 nitrogen and oxygen atoms in total. The maximum absolute atomic E-state index is 7.06. The number of benzene rings is 3. The first-order valence-corrected chi connectivity index (χ1v) is 14.9. The molecule has 0 aromatic heterocycles. The Morgan fingerprint density at radius 3 is 1.89 bits per heavy atom. The van der Waals surface area contributed by atoms with Crippen LogP contribution in [0, 0.1) is 5.92 Å². The molecule has 36 heavy (non-hydrogen) atoms. The van der Waals surface area contributed by atoms with E-state index in [0.29, 0.717) is 19.1 Å². The normalized spacial score (nSPS) is 13.4. The van der Waals surface area contributed by atoms with Gasteiger partial charge in [0.15, 0.2) is 0 Å². The van der Waals surface area contributed by atoms with Crippen molar-refractivity contribution in [2.24, 2.45) is 5.92 Å². The smallest absolute Gasteiger partial charge is 0.261 e. The van der Waals surface area contributed by atoms with Gasteiger partial charge in [-0.2, -0.15) is 0 Å². The Balaban J connectivity index is 1.66. The van der Waals surface area contributed by atoms with E-state index in [9.17, 15) is 0 Å². The minimum atomic E-state index is -2.52. The number of rotatable bonds is 13. The fourth-order valence-electron chi connectivity index (χ4n) is 4.73. The Morgan fingerprint density at radius 1 is 0.861 bits per heavy atom. The van der Waals surface area contributed by atoms with Crippen molar-refractivity contribution in [3.8, 4) is 0 Å². The molecule has 0 aliphatic rings. The Labute approximate surface area is 219 Å². The molecular weight excluding hydrogens is 456 g/mol. The van der Waals surface area contributed by atoms with Crippen LogP contribution in [-0.4, -0.2) is 21.5 Å². The van der Waals surface area contributed by atoms with Gasteiger partial charge >= 0.3 is 0 Å². The Kier molecular flexibility index (Phi) is 10.5. The van der Waals surface area contributed by atoms with Gasteiger partial charge in [-0.15, -0.1) is 6.58 Å². The minimum absolute atomic E-state index is 0.0181. The highest BCUT2D eigenvalue weighted by Gasteiger charge is 2.50. The number of hydrogen-bond donors (Lipinski definition) is 0. The van der Waals surface area contributed by atoms with E-state index in [1.165, 1.54) is 21.5 Å². The van der Waals surface area contributed by atoms with Gasteiger partial charge in [0.05, 0.1) is 13.2 Å². The SMILES string of the molecule is C=C[C@@H](C/C=C(/C)CO[Si](c1ccccc1)(c1ccccc1)C(C)(C)C)CCOCc1ccccc1. The molecule has 3 rings (SSSR count). The predicted molar refractivity (Wildman–Crippen MR) is 156 cm³/mol. The van der Waals surface area contributed by atoms with E-state index in [4.69, 9.17) is 9.16 Å². The molecule has 0 spiro atoms. The fourth-order valence-corrected chi connectivity index (χ4v) is 9.33. The molecule has 0 heterocycles. The van der Waals surface area contributed by atoms with Gasteiger partial charge in [0.25, 0.3) is 8.32 Å². The van der Waals surface area contributed by atoms with Gasteiger partial charge in [-0.3, -0.25) is 0 Å². The molecule has 0 aliphatic carbocycles. The summed E-state index contributed by atoms with van der Waals surface area (Å²) in [6, 6.07) is 32.0. The van der Waals surface area contributed by atoms with Gasteiger partial charge in [-0.05, 0) is 46.7 Å². The van der Waals surface area contributed by atoms with Gasteiger partial charge < -0.3 is 9.16 Å². The van der Waals surface area contributed by atoms with Crippen LogP contribution < -0.4 is 10.4 Å². The average molecular weight is 499 g/mol. The van der Waals surface area contributed by atoms with Crippen molar-refractivity contribution >= 4 is 18.7 Å². The second-order valence-corrected chi connectivity index (χ2v) is 14.9. The lowest BCUT2D eigenvalue weighted by molar-refractivity contribution is 0.111. The average Bonchev–Trinajstić information content (AvgIpc) is 2.89. The number of hydrogen-bond acceptors (Lipinski definition) is 2. The molecule has 3 aromatic rings. The lowest BCUT2D eigenvalue weighted by Gasteiger charge is -2.43. The zero-order chi connectivity index (χ0) is 25.9. The molecule has 0 saturated carbocycles. The van der Waals surface area contributed by atoms with Gasteiger partial charge in [0.1, 0.15) is 0 Å². The van der Waals surface area contributed by atoms with Gasteiger partial charge in [-0.1, -0.05) is 129 Å². The summed E-state index contributed by atoms with van der Waals surface area (Å²) in [5.41, 5.74) is 2.48. The van der Waals surface area contributed by atoms with Gasteiger partial charge in [0, 0.05) is 6.61 Å². The topological polar surface area (TPSA) is 18.5 Å². The second kappa shape index (κ2) is 13.5. The first-order valence-electron chi connectivity index (χ1n) is 13.0. The van der Waals surface area contributed by atoms with Crippen LogP contribution in [0.25, 0.3) is 0 Å². The summed E-state index contributed by atoms with van der Waals surface area (Å²) >= 11 is 0. The van der Waals surface area contributed by atoms with Crippen molar-refractivity contribution < 1.29 is 9.16 Å². The molecule has 3 heteroatoms. The van der Waals surface area contributed by atoms with Crippen molar-refractivity contribution in [3.63, 3.8) is 0 Å². The third kappa shape index (κ3) is 7.39. The number of allylic oxidation sites excluding steroid dienone is 2. The summed E-state index contributed by atoms with van der Waals surface area (Å²) in [5.74, 6) is 0.392. The summed E-state index contributed by atoms with van der Waals surface area (Å²) in [4.78, 5) is 0. The molecule has 0 saturated heterocycles. The van der Waals surface area contributed by atoms with Crippen molar-refractivity contribution in [3.05, 3.63) is 121 Å². The Morgan fingerprint density at radius 2 is 1.39 bits per heavy atom. The highest BCUT2D eigenvalue weighted by molar-refractivity contribution is 6.99. The fraction of sp³-hybridized carbons (Fsp3) is 0.333. The van der Waals surface area contributed by atoms with Crippen molar-refractivity contribution in [2.45, 2.75) is 52.2 Å². The highest BCUT2D eigenvalue weighted by Crippen LogP contribution is 2.37. The van der Waals surface area contributed by atoms with Crippen molar-refractivity contribution in [2.75, 3.05) is 13.2 Å².